The van der Waals surface area contributed by atoms with Crippen molar-refractivity contribution in [2.24, 2.45) is 16.7 Å². The minimum Gasteiger partial charge on any atom is -0.454 e. The summed E-state index contributed by atoms with van der Waals surface area (Å²) >= 11 is 0. The normalized spacial score (nSPS) is 38.7. The quantitative estimate of drug-likeness (QED) is 0.531. The van der Waals surface area contributed by atoms with Crippen LogP contribution in [0, 0.1) is 34.0 Å². The van der Waals surface area contributed by atoms with Crippen LogP contribution in [-0.2, 0) is 0 Å². The number of fused-ring (bicyclic) bond motifs is 5. The first-order chi connectivity index (χ1) is 15.8. The molecule has 1 aromatic rings. The van der Waals surface area contributed by atoms with E-state index in [4.69, 9.17) is 14.9 Å². The maximum atomic E-state index is 11.9. The highest BCUT2D eigenvalue weighted by Crippen LogP contribution is 2.72. The maximum absolute atomic E-state index is 11.9. The number of rotatable bonds is 1. The van der Waals surface area contributed by atoms with E-state index in [1.54, 1.807) is 5.57 Å². The Balaban J connectivity index is 1.57. The topological polar surface area (TPSA) is 62.5 Å². The Kier molecular flexibility index (Phi) is 4.46. The maximum Gasteiger partial charge on any atom is 0.231 e. The molecule has 0 radical (unpaired) electrons. The summed E-state index contributed by atoms with van der Waals surface area (Å²) < 4.78 is 11.3. The molecule has 1 aliphatic heterocycles. The van der Waals surface area contributed by atoms with Crippen LogP contribution < -0.4 is 9.47 Å². The van der Waals surface area contributed by atoms with Crippen LogP contribution in [0.4, 0.5) is 0 Å². The van der Waals surface area contributed by atoms with Crippen molar-refractivity contribution in [3.05, 3.63) is 46.6 Å². The first-order valence-corrected chi connectivity index (χ1v) is 12.4. The molecule has 2 N–H and O–H groups in total. The molecule has 2 fully saturated rings. The Morgan fingerprint density at radius 2 is 1.91 bits per heavy atom. The molecule has 0 saturated heterocycles. The van der Waals surface area contributed by atoms with Crippen molar-refractivity contribution in [3.63, 3.8) is 0 Å². The number of aliphatic hydroxyl groups is 1. The lowest BCUT2D eigenvalue weighted by atomic mass is 9.45. The Morgan fingerprint density at radius 1 is 1.09 bits per heavy atom. The summed E-state index contributed by atoms with van der Waals surface area (Å²) in [5.74, 6) is 8.57. The molecule has 1 aromatic carbocycles. The van der Waals surface area contributed by atoms with Gasteiger partial charge in [-0.1, -0.05) is 31.4 Å². The first kappa shape index (κ1) is 21.1. The van der Waals surface area contributed by atoms with Gasteiger partial charge in [-0.2, -0.15) is 0 Å². The second kappa shape index (κ2) is 7.00. The SMILES string of the molecule is CC#C[C@]1(O)CC[C@@]2(C)[C@@H]3CCC4=CC(=N)CCC4=C3[C@@H](c3ccc4c(c3)OCO4)C[C@@]21C. The van der Waals surface area contributed by atoms with Crippen molar-refractivity contribution in [2.75, 3.05) is 6.79 Å². The average molecular weight is 444 g/mol. The Bertz CT molecular complexity index is 1180. The van der Waals surface area contributed by atoms with Crippen LogP contribution in [-0.4, -0.2) is 23.2 Å². The zero-order chi connectivity index (χ0) is 23.0. The van der Waals surface area contributed by atoms with Gasteiger partial charge in [0.25, 0.3) is 0 Å². The molecule has 0 bridgehead atoms. The van der Waals surface area contributed by atoms with Crippen molar-refractivity contribution < 1.29 is 14.6 Å². The molecule has 6 rings (SSSR count). The lowest BCUT2D eigenvalue weighted by molar-refractivity contribution is -0.0952. The summed E-state index contributed by atoms with van der Waals surface area (Å²) in [6.45, 7) is 6.84. The van der Waals surface area contributed by atoms with Gasteiger partial charge >= 0.3 is 0 Å². The van der Waals surface area contributed by atoms with Crippen LogP contribution in [0.3, 0.4) is 0 Å². The number of nitrogens with one attached hydrogen (secondary N) is 1. The predicted octanol–water partition coefficient (Wildman–Crippen LogP) is 5.91. The molecule has 1 heterocycles. The minimum atomic E-state index is -0.966. The highest BCUT2D eigenvalue weighted by Gasteiger charge is 2.68. The van der Waals surface area contributed by atoms with Crippen LogP contribution in [0.5, 0.6) is 11.5 Å². The summed E-state index contributed by atoms with van der Waals surface area (Å²) in [6, 6.07) is 6.39. The lowest BCUT2D eigenvalue weighted by Gasteiger charge is -2.59. The van der Waals surface area contributed by atoms with Crippen molar-refractivity contribution in [3.8, 4) is 23.3 Å². The van der Waals surface area contributed by atoms with E-state index >= 15 is 0 Å². The summed E-state index contributed by atoms with van der Waals surface area (Å²) in [5, 5.41) is 20.2. The highest BCUT2D eigenvalue weighted by molar-refractivity contribution is 5.95. The van der Waals surface area contributed by atoms with Gasteiger partial charge in [-0.15, -0.1) is 5.92 Å². The molecular weight excluding hydrogens is 410 g/mol. The van der Waals surface area contributed by atoms with E-state index in [1.165, 1.54) is 16.7 Å². The van der Waals surface area contributed by atoms with Gasteiger partial charge in [0.1, 0.15) is 5.60 Å². The smallest absolute Gasteiger partial charge is 0.231 e. The van der Waals surface area contributed by atoms with E-state index in [1.807, 2.05) is 13.0 Å². The predicted molar refractivity (Wildman–Crippen MR) is 129 cm³/mol. The summed E-state index contributed by atoms with van der Waals surface area (Å²) in [6.07, 6.45) is 8.63. The fraction of sp³-hybridized carbons (Fsp3) is 0.552. The van der Waals surface area contributed by atoms with Crippen molar-refractivity contribution in [2.45, 2.75) is 77.2 Å². The van der Waals surface area contributed by atoms with Crippen molar-refractivity contribution >= 4 is 5.71 Å². The molecule has 4 aliphatic carbocycles. The van der Waals surface area contributed by atoms with Gasteiger partial charge in [0.2, 0.25) is 6.79 Å². The van der Waals surface area contributed by atoms with E-state index in [0.717, 1.165) is 62.2 Å². The van der Waals surface area contributed by atoms with E-state index in [2.05, 4.69) is 43.9 Å². The number of hydrogen-bond acceptors (Lipinski definition) is 4. The third-order valence-electron chi connectivity index (χ3n) is 9.87. The zero-order valence-electron chi connectivity index (χ0n) is 19.9. The average Bonchev–Trinajstić information content (AvgIpc) is 3.34. The van der Waals surface area contributed by atoms with Crippen LogP contribution in [0.15, 0.2) is 41.0 Å². The molecule has 4 heteroatoms. The second-order valence-electron chi connectivity index (χ2n) is 11.1. The first-order valence-electron chi connectivity index (χ1n) is 12.4. The van der Waals surface area contributed by atoms with Gasteiger partial charge in [-0.05, 0) is 98.1 Å². The third kappa shape index (κ3) is 2.72. The van der Waals surface area contributed by atoms with E-state index in [-0.39, 0.29) is 23.5 Å². The summed E-state index contributed by atoms with van der Waals surface area (Å²) in [5.41, 5.74) is 5.16. The summed E-state index contributed by atoms with van der Waals surface area (Å²) in [7, 11) is 0. The molecule has 172 valence electrons. The second-order valence-corrected chi connectivity index (χ2v) is 11.1. The van der Waals surface area contributed by atoms with Gasteiger partial charge in [-0.3, -0.25) is 0 Å². The largest absolute Gasteiger partial charge is 0.454 e. The lowest BCUT2D eigenvalue weighted by Crippen LogP contribution is -2.56. The molecular formula is C29H33NO3. The molecule has 33 heavy (non-hydrogen) atoms. The highest BCUT2D eigenvalue weighted by atomic mass is 16.7. The molecule has 0 aromatic heterocycles. The van der Waals surface area contributed by atoms with Gasteiger partial charge in [-0.25, -0.2) is 0 Å². The van der Waals surface area contributed by atoms with Crippen LogP contribution in [0.2, 0.25) is 0 Å². The molecule has 4 nitrogen and oxygen atoms in total. The standard InChI is InChI=1S/C29H33NO3/c1-4-11-29(31)13-12-27(2)23-9-5-18-14-20(30)7-8-21(18)26(23)22(16-28(27,29)3)19-6-10-24-25(15-19)33-17-32-24/h6,10,14-15,22-23,30-31H,5,7-9,12-13,16-17H2,1-3H3/t22-,23-,27+,28+,29+/m1/s1. The van der Waals surface area contributed by atoms with E-state index < -0.39 is 5.60 Å². The fourth-order valence-electron chi connectivity index (χ4n) is 7.90. The van der Waals surface area contributed by atoms with Gasteiger partial charge in [0.15, 0.2) is 11.5 Å². The molecule has 0 spiro atoms. The van der Waals surface area contributed by atoms with E-state index in [9.17, 15) is 5.11 Å². The van der Waals surface area contributed by atoms with Crippen molar-refractivity contribution in [1.82, 2.24) is 0 Å². The molecule has 0 unspecified atom stereocenters. The Labute approximate surface area is 196 Å². The van der Waals surface area contributed by atoms with Crippen LogP contribution in [0.25, 0.3) is 0 Å². The third-order valence-corrected chi connectivity index (χ3v) is 9.87. The molecule has 2 saturated carbocycles. The van der Waals surface area contributed by atoms with E-state index in [0.29, 0.717) is 5.92 Å². The van der Waals surface area contributed by atoms with Gasteiger partial charge in [0.05, 0.1) is 0 Å². The Hall–Kier alpha value is -2.51. The van der Waals surface area contributed by atoms with Crippen molar-refractivity contribution in [1.29, 1.82) is 5.41 Å². The number of allylic oxidation sites excluding steroid dienone is 4. The van der Waals surface area contributed by atoms with Crippen LogP contribution in [0.1, 0.15) is 77.2 Å². The minimum absolute atomic E-state index is 0.00272. The molecule has 5 aliphatic rings. The van der Waals surface area contributed by atoms with Gasteiger partial charge < -0.3 is 20.0 Å². The molecule has 0 amide bonds. The number of hydrogen-bond donors (Lipinski definition) is 2. The number of ether oxygens (including phenoxy) is 2. The number of benzene rings is 1. The van der Waals surface area contributed by atoms with Gasteiger partial charge in [0, 0.05) is 17.0 Å². The zero-order valence-corrected chi connectivity index (χ0v) is 19.9. The monoisotopic (exact) mass is 443 g/mol. The summed E-state index contributed by atoms with van der Waals surface area (Å²) in [4.78, 5) is 0. The fourth-order valence-corrected chi connectivity index (χ4v) is 7.90. The molecule has 5 atom stereocenters. The Morgan fingerprint density at radius 3 is 2.73 bits per heavy atom. The van der Waals surface area contributed by atoms with Crippen LogP contribution >= 0.6 is 0 Å².